The van der Waals surface area contributed by atoms with Crippen molar-refractivity contribution in [3.05, 3.63) is 64.7 Å². The van der Waals surface area contributed by atoms with Gasteiger partial charge in [-0.25, -0.2) is 0 Å². The fraction of sp³-hybridized carbons (Fsp3) is 0.391. The van der Waals surface area contributed by atoms with Crippen LogP contribution in [0.1, 0.15) is 17.2 Å². The number of benzene rings is 2. The summed E-state index contributed by atoms with van der Waals surface area (Å²) in [6.45, 7) is 3.40. The monoisotopic (exact) mass is 427 g/mol. The number of ether oxygens (including phenoxy) is 1. The second-order valence-corrected chi connectivity index (χ2v) is 8.03. The van der Waals surface area contributed by atoms with Gasteiger partial charge < -0.3 is 19.4 Å². The third kappa shape index (κ3) is 4.02. The molecule has 30 heavy (non-hydrogen) atoms. The third-order valence-corrected chi connectivity index (χ3v) is 6.20. The smallest absolute Gasteiger partial charge is 0.250 e. The summed E-state index contributed by atoms with van der Waals surface area (Å²) in [5, 5.41) is 0.717. The molecule has 0 spiro atoms. The molecule has 158 valence electrons. The van der Waals surface area contributed by atoms with Crippen LogP contribution in [0.3, 0.4) is 0 Å². The van der Waals surface area contributed by atoms with E-state index in [1.54, 1.807) is 12.0 Å². The van der Waals surface area contributed by atoms with Gasteiger partial charge in [-0.2, -0.15) is 0 Å². The first-order chi connectivity index (χ1) is 14.6. The average Bonchev–Trinajstić information content (AvgIpc) is 2.77. The van der Waals surface area contributed by atoms with Crippen LogP contribution in [0, 0.1) is 0 Å². The molecule has 1 saturated heterocycles. The highest BCUT2D eigenvalue weighted by Crippen LogP contribution is 2.33. The average molecular weight is 428 g/mol. The first-order valence-corrected chi connectivity index (χ1v) is 10.6. The molecule has 0 radical (unpaired) electrons. The lowest BCUT2D eigenvalue weighted by atomic mass is 9.91. The van der Waals surface area contributed by atoms with E-state index >= 15 is 0 Å². The Morgan fingerprint density at radius 3 is 2.50 bits per heavy atom. The Labute approximate surface area is 182 Å². The Morgan fingerprint density at radius 2 is 1.77 bits per heavy atom. The molecule has 1 fully saturated rings. The molecule has 2 aromatic carbocycles. The minimum absolute atomic E-state index is 0.0228. The lowest BCUT2D eigenvalue weighted by molar-refractivity contribution is -0.147. The maximum Gasteiger partial charge on any atom is 0.250 e. The van der Waals surface area contributed by atoms with Crippen LogP contribution in [0.4, 0.5) is 5.69 Å². The van der Waals surface area contributed by atoms with Gasteiger partial charge in [-0.15, -0.1) is 0 Å². The number of amides is 2. The first kappa shape index (κ1) is 20.7. The van der Waals surface area contributed by atoms with Gasteiger partial charge >= 0.3 is 0 Å². The zero-order valence-corrected chi connectivity index (χ0v) is 17.8. The van der Waals surface area contributed by atoms with Gasteiger partial charge in [-0.3, -0.25) is 9.59 Å². The van der Waals surface area contributed by atoms with Gasteiger partial charge in [0.05, 0.1) is 23.7 Å². The number of nitrogens with zero attached hydrogens (tertiary/aromatic N) is 3. The quantitative estimate of drug-likeness (QED) is 0.736. The van der Waals surface area contributed by atoms with Crippen LogP contribution in [0.25, 0.3) is 0 Å². The Balaban J connectivity index is 1.54. The standard InChI is InChI=1S/C23H26ClN3O3/c1-30-15-14-27-21(28)16-17-6-2-3-7-18(17)22(27)23(29)26-12-10-25(11-13-26)20-9-5-4-8-19(20)24/h2-9,22H,10-16H2,1H3/t22-/m0/s1. The molecule has 2 aliphatic rings. The Bertz CT molecular complexity index is 927. The molecule has 2 aromatic rings. The number of para-hydroxylation sites is 1. The van der Waals surface area contributed by atoms with Crippen molar-refractivity contribution < 1.29 is 14.3 Å². The SMILES string of the molecule is COCCN1C(=O)Cc2ccccc2[C@H]1C(=O)N1CCN(c2ccccc2Cl)CC1. The van der Waals surface area contributed by atoms with E-state index in [2.05, 4.69) is 4.90 Å². The van der Waals surface area contributed by atoms with E-state index in [1.807, 2.05) is 53.4 Å². The molecule has 4 rings (SSSR count). The normalized spacial score (nSPS) is 19.1. The van der Waals surface area contributed by atoms with Gasteiger partial charge in [0.15, 0.2) is 0 Å². The van der Waals surface area contributed by atoms with Crippen LogP contribution in [0.5, 0.6) is 0 Å². The van der Waals surface area contributed by atoms with Gasteiger partial charge in [0, 0.05) is 39.8 Å². The predicted molar refractivity (Wildman–Crippen MR) is 117 cm³/mol. The number of anilines is 1. The maximum absolute atomic E-state index is 13.6. The fourth-order valence-corrected chi connectivity index (χ4v) is 4.55. The molecular weight excluding hydrogens is 402 g/mol. The maximum atomic E-state index is 13.6. The van der Waals surface area contributed by atoms with E-state index < -0.39 is 6.04 Å². The molecule has 0 unspecified atom stereocenters. The summed E-state index contributed by atoms with van der Waals surface area (Å²) in [4.78, 5) is 32.2. The van der Waals surface area contributed by atoms with Crippen molar-refractivity contribution in [1.82, 2.24) is 9.80 Å². The first-order valence-electron chi connectivity index (χ1n) is 10.2. The summed E-state index contributed by atoms with van der Waals surface area (Å²) in [5.41, 5.74) is 2.85. The molecule has 0 saturated carbocycles. The number of carbonyl (C=O) groups is 2. The van der Waals surface area contributed by atoms with Crippen LogP contribution in [-0.2, 0) is 20.7 Å². The molecule has 1 atom stereocenters. The lowest BCUT2D eigenvalue weighted by Crippen LogP contribution is -2.54. The molecule has 2 aliphatic heterocycles. The van der Waals surface area contributed by atoms with Crippen molar-refractivity contribution in [1.29, 1.82) is 0 Å². The number of halogens is 1. The summed E-state index contributed by atoms with van der Waals surface area (Å²) < 4.78 is 5.19. The number of fused-ring (bicyclic) bond motifs is 1. The second kappa shape index (κ2) is 9.06. The van der Waals surface area contributed by atoms with Crippen LogP contribution < -0.4 is 4.90 Å². The summed E-state index contributed by atoms with van der Waals surface area (Å²) in [6.07, 6.45) is 0.323. The fourth-order valence-electron chi connectivity index (χ4n) is 4.30. The lowest BCUT2D eigenvalue weighted by Gasteiger charge is -2.42. The van der Waals surface area contributed by atoms with E-state index in [4.69, 9.17) is 16.3 Å². The highest BCUT2D eigenvalue weighted by Gasteiger charge is 2.39. The minimum Gasteiger partial charge on any atom is -0.383 e. The molecule has 2 amide bonds. The Morgan fingerprint density at radius 1 is 1.07 bits per heavy atom. The van der Waals surface area contributed by atoms with Gasteiger partial charge in [0.2, 0.25) is 11.8 Å². The minimum atomic E-state index is -0.593. The molecule has 0 N–H and O–H groups in total. The molecule has 0 bridgehead atoms. The van der Waals surface area contributed by atoms with E-state index in [9.17, 15) is 9.59 Å². The third-order valence-electron chi connectivity index (χ3n) is 5.88. The summed E-state index contributed by atoms with van der Waals surface area (Å²) in [6, 6.07) is 14.9. The largest absolute Gasteiger partial charge is 0.383 e. The zero-order chi connectivity index (χ0) is 21.1. The predicted octanol–water partition coefficient (Wildman–Crippen LogP) is 2.76. The van der Waals surface area contributed by atoms with E-state index in [1.165, 1.54) is 0 Å². The number of carbonyl (C=O) groups excluding carboxylic acids is 2. The number of hydrogen-bond acceptors (Lipinski definition) is 4. The van der Waals surface area contributed by atoms with Crippen molar-refractivity contribution >= 4 is 29.1 Å². The molecule has 0 aliphatic carbocycles. The zero-order valence-electron chi connectivity index (χ0n) is 17.1. The molecular formula is C23H26ClN3O3. The van der Waals surface area contributed by atoms with Gasteiger partial charge in [-0.1, -0.05) is 48.0 Å². The van der Waals surface area contributed by atoms with Gasteiger partial charge in [0.1, 0.15) is 6.04 Å². The van der Waals surface area contributed by atoms with E-state index in [0.29, 0.717) is 45.8 Å². The van der Waals surface area contributed by atoms with Crippen LogP contribution in [-0.4, -0.2) is 68.1 Å². The van der Waals surface area contributed by atoms with Crippen molar-refractivity contribution in [2.24, 2.45) is 0 Å². The second-order valence-electron chi connectivity index (χ2n) is 7.62. The highest BCUT2D eigenvalue weighted by molar-refractivity contribution is 6.33. The van der Waals surface area contributed by atoms with Crippen molar-refractivity contribution in [2.45, 2.75) is 12.5 Å². The van der Waals surface area contributed by atoms with Crippen molar-refractivity contribution in [3.8, 4) is 0 Å². The Kier molecular flexibility index (Phi) is 6.25. The number of hydrogen-bond donors (Lipinski definition) is 0. The van der Waals surface area contributed by atoms with Crippen LogP contribution in [0.2, 0.25) is 5.02 Å². The summed E-state index contributed by atoms with van der Waals surface area (Å²) in [5.74, 6) is -0.0517. The molecule has 2 heterocycles. The van der Waals surface area contributed by atoms with Crippen molar-refractivity contribution in [3.63, 3.8) is 0 Å². The summed E-state index contributed by atoms with van der Waals surface area (Å²) >= 11 is 6.34. The molecule has 6 nitrogen and oxygen atoms in total. The molecule has 7 heteroatoms. The number of rotatable bonds is 5. The van der Waals surface area contributed by atoms with E-state index in [-0.39, 0.29) is 11.8 Å². The summed E-state index contributed by atoms with van der Waals surface area (Å²) in [7, 11) is 1.60. The van der Waals surface area contributed by atoms with Gasteiger partial charge in [-0.05, 0) is 23.3 Å². The molecule has 0 aromatic heterocycles. The van der Waals surface area contributed by atoms with Gasteiger partial charge in [0.25, 0.3) is 0 Å². The topological polar surface area (TPSA) is 53.1 Å². The van der Waals surface area contributed by atoms with Crippen LogP contribution >= 0.6 is 11.6 Å². The number of methoxy groups -OCH3 is 1. The van der Waals surface area contributed by atoms with Crippen molar-refractivity contribution in [2.75, 3.05) is 51.3 Å². The Hall–Kier alpha value is -2.57. The number of piperazine rings is 1. The highest BCUT2D eigenvalue weighted by atomic mass is 35.5. The van der Waals surface area contributed by atoms with Crippen LogP contribution in [0.15, 0.2) is 48.5 Å². The van der Waals surface area contributed by atoms with E-state index in [0.717, 1.165) is 21.8 Å².